The zero-order valence-electron chi connectivity index (χ0n) is 15.0. The van der Waals surface area contributed by atoms with E-state index in [1.54, 1.807) is 20.3 Å². The molecule has 2 aromatic rings. The van der Waals surface area contributed by atoms with Gasteiger partial charge in [-0.1, -0.05) is 0 Å². The van der Waals surface area contributed by atoms with Gasteiger partial charge < -0.3 is 0 Å². The quantitative estimate of drug-likeness (QED) is 0.805. The van der Waals surface area contributed by atoms with Crippen LogP contribution in [-0.2, 0) is 16.8 Å². The van der Waals surface area contributed by atoms with Crippen molar-refractivity contribution in [2.75, 3.05) is 20.6 Å². The van der Waals surface area contributed by atoms with E-state index in [1.165, 1.54) is 8.61 Å². The summed E-state index contributed by atoms with van der Waals surface area (Å²) in [6.45, 7) is 5.16. The lowest BCUT2D eigenvalue weighted by molar-refractivity contribution is 0.352. The van der Waals surface area contributed by atoms with Crippen LogP contribution in [0.15, 0.2) is 18.3 Å². The molecule has 0 aliphatic carbocycles. The van der Waals surface area contributed by atoms with Crippen LogP contribution in [-0.4, -0.2) is 57.4 Å². The van der Waals surface area contributed by atoms with Gasteiger partial charge in [0.1, 0.15) is 5.82 Å². The molecule has 9 heteroatoms. The Morgan fingerprint density at radius 2 is 2.08 bits per heavy atom. The highest BCUT2D eigenvalue weighted by Crippen LogP contribution is 2.34. The van der Waals surface area contributed by atoms with Gasteiger partial charge in [-0.3, -0.25) is 4.68 Å². The molecule has 2 aromatic heterocycles. The molecule has 0 aromatic carbocycles. The molecule has 136 valence electrons. The smallest absolute Gasteiger partial charge is 0.264 e. The third-order valence-electron chi connectivity index (χ3n) is 4.41. The minimum Gasteiger partial charge on any atom is -0.264 e. The van der Waals surface area contributed by atoms with Gasteiger partial charge >= 0.3 is 0 Å². The molecule has 0 bridgehead atoms. The van der Waals surface area contributed by atoms with Gasteiger partial charge in [0.2, 0.25) is 0 Å². The number of hydrogen-bond acceptors (Lipinski definition) is 5. The molecule has 0 N–H and O–H groups in total. The molecule has 3 heterocycles. The molecule has 25 heavy (non-hydrogen) atoms. The van der Waals surface area contributed by atoms with Crippen molar-refractivity contribution in [1.29, 1.82) is 0 Å². The van der Waals surface area contributed by atoms with Crippen molar-refractivity contribution in [3.05, 3.63) is 29.8 Å². The fourth-order valence-electron chi connectivity index (χ4n) is 3.16. The average molecular weight is 364 g/mol. The van der Waals surface area contributed by atoms with Crippen LogP contribution < -0.4 is 0 Å². The lowest BCUT2D eigenvalue weighted by Crippen LogP contribution is -2.40. The molecule has 1 aliphatic heterocycles. The molecule has 1 atom stereocenters. The fraction of sp³-hybridized carbons (Fsp3) is 0.562. The van der Waals surface area contributed by atoms with E-state index >= 15 is 0 Å². The summed E-state index contributed by atoms with van der Waals surface area (Å²) in [7, 11) is -0.400. The van der Waals surface area contributed by atoms with Crippen molar-refractivity contribution < 1.29 is 8.42 Å². The van der Waals surface area contributed by atoms with E-state index in [9.17, 15) is 8.42 Å². The van der Waals surface area contributed by atoms with Crippen LogP contribution in [0, 0.1) is 6.92 Å². The zero-order valence-corrected chi connectivity index (χ0v) is 15.9. The minimum absolute atomic E-state index is 0.330. The highest BCUT2D eigenvalue weighted by atomic mass is 32.2. The first-order valence-electron chi connectivity index (χ1n) is 8.41. The van der Waals surface area contributed by atoms with E-state index in [0.717, 1.165) is 36.5 Å². The molecule has 0 radical (unpaired) electrons. The number of hydrogen-bond donors (Lipinski definition) is 0. The molecule has 0 saturated carbocycles. The summed E-state index contributed by atoms with van der Waals surface area (Å²) < 4.78 is 29.8. The van der Waals surface area contributed by atoms with E-state index in [1.807, 2.05) is 30.7 Å². The summed E-state index contributed by atoms with van der Waals surface area (Å²) in [6.07, 6.45) is 3.27. The fourth-order valence-corrected chi connectivity index (χ4v) is 4.46. The molecule has 1 saturated heterocycles. The van der Waals surface area contributed by atoms with Crippen molar-refractivity contribution in [2.24, 2.45) is 0 Å². The summed E-state index contributed by atoms with van der Waals surface area (Å²) in [6, 6.07) is 3.49. The topological polar surface area (TPSA) is 84.2 Å². The molecule has 1 unspecified atom stereocenters. The van der Waals surface area contributed by atoms with Crippen LogP contribution in [0.4, 0.5) is 0 Å². The predicted molar refractivity (Wildman–Crippen MR) is 95.0 cm³/mol. The molecule has 0 amide bonds. The summed E-state index contributed by atoms with van der Waals surface area (Å²) in [5.41, 5.74) is 2.50. The molecule has 8 nitrogen and oxygen atoms in total. The van der Waals surface area contributed by atoms with Gasteiger partial charge in [-0.2, -0.15) is 22.1 Å². The second-order valence-electron chi connectivity index (χ2n) is 6.34. The second kappa shape index (κ2) is 6.81. The molecule has 1 fully saturated rings. The van der Waals surface area contributed by atoms with Crippen LogP contribution >= 0.6 is 0 Å². The molecular formula is C16H24N6O2S. The van der Waals surface area contributed by atoms with Crippen molar-refractivity contribution in [2.45, 2.75) is 39.3 Å². The zero-order chi connectivity index (χ0) is 18.2. The maximum atomic E-state index is 12.6. The molecule has 3 rings (SSSR count). The number of aromatic nitrogens is 4. The summed E-state index contributed by atoms with van der Waals surface area (Å²) >= 11 is 0. The lowest BCUT2D eigenvalue weighted by atomic mass is 10.2. The summed E-state index contributed by atoms with van der Waals surface area (Å²) in [5.74, 6) is 0.557. The van der Waals surface area contributed by atoms with E-state index < -0.39 is 10.2 Å². The maximum absolute atomic E-state index is 12.6. The standard InChI is InChI=1S/C16H24N6O2S/c1-5-21-14(8-9-17-21)13-11-12(2)18-16(19-13)15-7-6-10-22(15)25(23,24)20(3)4/h8-9,11,15H,5-7,10H2,1-4H3. The first kappa shape index (κ1) is 18.0. The van der Waals surface area contributed by atoms with Crippen LogP contribution in [0.3, 0.4) is 0 Å². The first-order chi connectivity index (χ1) is 11.8. The lowest BCUT2D eigenvalue weighted by Gasteiger charge is -2.26. The van der Waals surface area contributed by atoms with Gasteiger partial charge in [0.25, 0.3) is 10.2 Å². The van der Waals surface area contributed by atoms with Crippen molar-refractivity contribution in [3.63, 3.8) is 0 Å². The first-order valence-corrected chi connectivity index (χ1v) is 9.81. The van der Waals surface area contributed by atoms with Crippen molar-refractivity contribution >= 4 is 10.2 Å². The Bertz CT molecular complexity index is 861. The summed E-state index contributed by atoms with van der Waals surface area (Å²) in [5, 5.41) is 4.29. The van der Waals surface area contributed by atoms with E-state index in [0.29, 0.717) is 12.4 Å². The highest BCUT2D eigenvalue weighted by molar-refractivity contribution is 7.86. The molecule has 1 aliphatic rings. The predicted octanol–water partition coefficient (Wildman–Crippen LogP) is 1.61. The Kier molecular flexibility index (Phi) is 4.90. The Balaban J connectivity index is 2.03. The van der Waals surface area contributed by atoms with Crippen molar-refractivity contribution in [1.82, 2.24) is 28.4 Å². The Morgan fingerprint density at radius 3 is 2.76 bits per heavy atom. The van der Waals surface area contributed by atoms with Crippen molar-refractivity contribution in [3.8, 4) is 11.4 Å². The second-order valence-corrected chi connectivity index (χ2v) is 8.44. The van der Waals surface area contributed by atoms with Gasteiger partial charge in [0.05, 0.1) is 17.4 Å². The van der Waals surface area contributed by atoms with Gasteiger partial charge in [0, 0.05) is 39.1 Å². The third kappa shape index (κ3) is 3.31. The largest absolute Gasteiger partial charge is 0.282 e. The highest BCUT2D eigenvalue weighted by Gasteiger charge is 2.38. The monoisotopic (exact) mass is 364 g/mol. The normalized spacial score (nSPS) is 19.0. The maximum Gasteiger partial charge on any atom is 0.282 e. The Morgan fingerprint density at radius 1 is 1.32 bits per heavy atom. The number of aryl methyl sites for hydroxylation is 2. The van der Waals surface area contributed by atoms with E-state index in [-0.39, 0.29) is 6.04 Å². The van der Waals surface area contributed by atoms with E-state index in [2.05, 4.69) is 10.1 Å². The van der Waals surface area contributed by atoms with Crippen LogP contribution in [0.5, 0.6) is 0 Å². The third-order valence-corrected chi connectivity index (χ3v) is 6.36. The number of rotatable bonds is 5. The SMILES string of the molecule is CCn1nccc1-c1cc(C)nc(C2CCCN2S(=O)(=O)N(C)C)n1. The molecular weight excluding hydrogens is 340 g/mol. The van der Waals surface area contributed by atoms with Crippen LogP contribution in [0.2, 0.25) is 0 Å². The molecule has 0 spiro atoms. The Hall–Kier alpha value is -1.84. The number of nitrogens with zero attached hydrogens (tertiary/aromatic N) is 6. The van der Waals surface area contributed by atoms with Gasteiger partial charge in [-0.15, -0.1) is 0 Å². The summed E-state index contributed by atoms with van der Waals surface area (Å²) in [4.78, 5) is 9.23. The minimum atomic E-state index is -3.50. The van der Waals surface area contributed by atoms with Crippen LogP contribution in [0.1, 0.15) is 37.3 Å². The average Bonchev–Trinajstić information content (AvgIpc) is 3.23. The van der Waals surface area contributed by atoms with Gasteiger partial charge in [-0.05, 0) is 38.8 Å². The Labute approximate surface area is 148 Å². The van der Waals surface area contributed by atoms with Gasteiger partial charge in [-0.25, -0.2) is 9.97 Å². The van der Waals surface area contributed by atoms with E-state index in [4.69, 9.17) is 4.98 Å². The van der Waals surface area contributed by atoms with Crippen LogP contribution in [0.25, 0.3) is 11.4 Å². The van der Waals surface area contributed by atoms with Gasteiger partial charge in [0.15, 0.2) is 0 Å².